The van der Waals surface area contributed by atoms with Crippen LogP contribution in [-0.4, -0.2) is 29.6 Å². The van der Waals surface area contributed by atoms with Gasteiger partial charge in [0.2, 0.25) is 0 Å². The maximum Gasteiger partial charge on any atom is 0.326 e. The third-order valence-electron chi connectivity index (χ3n) is 2.87. The van der Waals surface area contributed by atoms with Crippen LogP contribution in [0.3, 0.4) is 0 Å². The smallest absolute Gasteiger partial charge is 0.326 e. The second-order valence-corrected chi connectivity index (χ2v) is 5.46. The first-order valence-corrected chi connectivity index (χ1v) is 7.20. The van der Waals surface area contributed by atoms with Gasteiger partial charge in [0.1, 0.15) is 11.8 Å². The molecule has 2 N–H and O–H groups in total. The Bertz CT molecular complexity index is 516. The van der Waals surface area contributed by atoms with Crippen molar-refractivity contribution < 1.29 is 19.4 Å². The predicted molar refractivity (Wildman–Crippen MR) is 81.0 cm³/mol. The van der Waals surface area contributed by atoms with E-state index in [2.05, 4.69) is 5.32 Å². The first-order chi connectivity index (χ1) is 9.86. The lowest BCUT2D eigenvalue weighted by Crippen LogP contribution is -2.44. The Labute approximate surface area is 129 Å². The van der Waals surface area contributed by atoms with Crippen LogP contribution in [0, 0.1) is 5.92 Å². The number of aliphatic carboxylic acids is 1. The van der Waals surface area contributed by atoms with Crippen LogP contribution in [0.5, 0.6) is 5.75 Å². The van der Waals surface area contributed by atoms with E-state index in [0.29, 0.717) is 17.4 Å². The molecule has 0 saturated heterocycles. The number of amides is 1. The first-order valence-electron chi connectivity index (χ1n) is 6.82. The molecule has 1 rings (SSSR count). The van der Waals surface area contributed by atoms with E-state index in [1.54, 1.807) is 26.0 Å². The molecule has 1 aromatic carbocycles. The number of carboxylic acid groups (broad SMARTS) is 1. The summed E-state index contributed by atoms with van der Waals surface area (Å²) in [5.74, 6) is -1.42. The van der Waals surface area contributed by atoms with Crippen LogP contribution in [0.15, 0.2) is 18.2 Å². The first kappa shape index (κ1) is 17.3. The maximum atomic E-state index is 12.3. The molecule has 21 heavy (non-hydrogen) atoms. The van der Waals surface area contributed by atoms with Crippen LogP contribution in [0.4, 0.5) is 0 Å². The minimum Gasteiger partial charge on any atom is -0.493 e. The number of hydrogen-bond donors (Lipinski definition) is 2. The minimum absolute atomic E-state index is 0.231. The van der Waals surface area contributed by atoms with E-state index >= 15 is 0 Å². The van der Waals surface area contributed by atoms with Gasteiger partial charge in [-0.25, -0.2) is 4.79 Å². The van der Waals surface area contributed by atoms with Crippen LogP contribution >= 0.6 is 11.6 Å². The van der Waals surface area contributed by atoms with Crippen molar-refractivity contribution in [1.29, 1.82) is 0 Å². The van der Waals surface area contributed by atoms with Crippen molar-refractivity contribution in [3.05, 3.63) is 28.8 Å². The van der Waals surface area contributed by atoms with Gasteiger partial charge in [-0.1, -0.05) is 32.4 Å². The summed E-state index contributed by atoms with van der Waals surface area (Å²) in [5.41, 5.74) is 0.239. The number of halogens is 1. The Hall–Kier alpha value is -1.75. The lowest BCUT2D eigenvalue weighted by molar-refractivity contribution is -0.140. The van der Waals surface area contributed by atoms with Gasteiger partial charge >= 0.3 is 5.97 Å². The second kappa shape index (κ2) is 7.88. The largest absolute Gasteiger partial charge is 0.493 e. The van der Waals surface area contributed by atoms with Gasteiger partial charge in [-0.05, 0) is 30.5 Å². The zero-order valence-electron chi connectivity index (χ0n) is 12.4. The van der Waals surface area contributed by atoms with Crippen LogP contribution in [-0.2, 0) is 4.79 Å². The molecule has 0 aliphatic heterocycles. The van der Waals surface area contributed by atoms with Crippen molar-refractivity contribution in [1.82, 2.24) is 5.32 Å². The normalized spacial score (nSPS) is 12.0. The van der Waals surface area contributed by atoms with E-state index < -0.39 is 17.9 Å². The molecule has 6 heteroatoms. The van der Waals surface area contributed by atoms with Gasteiger partial charge < -0.3 is 15.2 Å². The summed E-state index contributed by atoms with van der Waals surface area (Å²) in [6.07, 6.45) is 0.799. The number of carbonyl (C=O) groups excluding carboxylic acids is 1. The highest BCUT2D eigenvalue weighted by molar-refractivity contribution is 6.31. The van der Waals surface area contributed by atoms with Crippen molar-refractivity contribution >= 4 is 23.5 Å². The fourth-order valence-corrected chi connectivity index (χ4v) is 1.92. The van der Waals surface area contributed by atoms with Crippen molar-refractivity contribution in [2.75, 3.05) is 6.61 Å². The van der Waals surface area contributed by atoms with Gasteiger partial charge in [0.15, 0.2) is 0 Å². The average molecular weight is 314 g/mol. The molecule has 0 aliphatic carbocycles. The number of nitrogens with one attached hydrogen (secondary N) is 1. The third-order valence-corrected chi connectivity index (χ3v) is 3.10. The van der Waals surface area contributed by atoms with Gasteiger partial charge in [-0.3, -0.25) is 4.79 Å². The van der Waals surface area contributed by atoms with Crippen LogP contribution in [0.25, 0.3) is 0 Å². The van der Waals surface area contributed by atoms with Crippen LogP contribution < -0.4 is 10.1 Å². The van der Waals surface area contributed by atoms with Gasteiger partial charge in [-0.2, -0.15) is 0 Å². The molecule has 0 radical (unpaired) electrons. The van der Waals surface area contributed by atoms with E-state index in [9.17, 15) is 9.59 Å². The average Bonchev–Trinajstić information content (AvgIpc) is 2.42. The molecule has 0 heterocycles. The predicted octanol–water partition coefficient (Wildman–Crippen LogP) is 2.97. The second-order valence-electron chi connectivity index (χ2n) is 5.02. The number of ether oxygens (including phenoxy) is 1. The van der Waals surface area contributed by atoms with Crippen molar-refractivity contribution in [3.63, 3.8) is 0 Å². The molecular weight excluding hydrogens is 294 g/mol. The summed E-state index contributed by atoms with van der Waals surface area (Å²) < 4.78 is 5.50. The zero-order valence-corrected chi connectivity index (χ0v) is 13.1. The molecule has 116 valence electrons. The lowest BCUT2D eigenvalue weighted by atomic mass is 10.0. The Morgan fingerprint density at radius 3 is 2.57 bits per heavy atom. The number of carboxylic acids is 1. The maximum absolute atomic E-state index is 12.3. The Balaban J connectivity index is 2.99. The Morgan fingerprint density at radius 2 is 2.05 bits per heavy atom. The van der Waals surface area contributed by atoms with Crippen molar-refractivity contribution in [2.45, 2.75) is 33.2 Å². The summed E-state index contributed by atoms with van der Waals surface area (Å²) >= 11 is 5.90. The molecule has 0 bridgehead atoms. The Morgan fingerprint density at radius 1 is 1.38 bits per heavy atom. The van der Waals surface area contributed by atoms with E-state index in [0.717, 1.165) is 6.42 Å². The van der Waals surface area contributed by atoms with Crippen molar-refractivity contribution in [2.24, 2.45) is 5.92 Å². The number of hydrogen-bond acceptors (Lipinski definition) is 3. The number of carbonyl (C=O) groups is 2. The minimum atomic E-state index is -1.07. The molecule has 0 aromatic heterocycles. The summed E-state index contributed by atoms with van der Waals surface area (Å²) in [7, 11) is 0. The molecule has 0 spiro atoms. The third kappa shape index (κ3) is 4.93. The number of rotatable bonds is 7. The Kier molecular flexibility index (Phi) is 6.49. The quantitative estimate of drug-likeness (QED) is 0.811. The molecule has 1 aromatic rings. The van der Waals surface area contributed by atoms with E-state index in [4.69, 9.17) is 21.4 Å². The highest BCUT2D eigenvalue weighted by Crippen LogP contribution is 2.23. The standard InChI is InChI=1S/C15H20ClNO4/c1-4-7-21-12-6-5-10(16)8-11(12)14(18)17-13(9(2)3)15(19)20/h5-6,8-9,13H,4,7H2,1-3H3,(H,17,18)(H,19,20). The van der Waals surface area contributed by atoms with E-state index in [1.807, 2.05) is 6.92 Å². The molecule has 1 amide bonds. The van der Waals surface area contributed by atoms with Crippen LogP contribution in [0.1, 0.15) is 37.6 Å². The number of benzene rings is 1. The van der Waals surface area contributed by atoms with Crippen LogP contribution in [0.2, 0.25) is 5.02 Å². The summed E-state index contributed by atoms with van der Waals surface area (Å²) in [5, 5.41) is 12.0. The van der Waals surface area contributed by atoms with Gasteiger partial charge in [-0.15, -0.1) is 0 Å². The monoisotopic (exact) mass is 313 g/mol. The fourth-order valence-electron chi connectivity index (χ4n) is 1.75. The summed E-state index contributed by atoms with van der Waals surface area (Å²) in [6.45, 7) is 5.88. The molecular formula is C15H20ClNO4. The lowest BCUT2D eigenvalue weighted by Gasteiger charge is -2.19. The van der Waals surface area contributed by atoms with Gasteiger partial charge in [0.25, 0.3) is 5.91 Å². The summed E-state index contributed by atoms with van der Waals surface area (Å²) in [6, 6.07) is 3.75. The molecule has 0 fully saturated rings. The molecule has 1 unspecified atom stereocenters. The van der Waals surface area contributed by atoms with Crippen molar-refractivity contribution in [3.8, 4) is 5.75 Å². The molecule has 5 nitrogen and oxygen atoms in total. The molecule has 0 saturated carbocycles. The molecule has 1 atom stereocenters. The van der Waals surface area contributed by atoms with Gasteiger partial charge in [0.05, 0.1) is 12.2 Å². The fraction of sp³-hybridized carbons (Fsp3) is 0.467. The van der Waals surface area contributed by atoms with Gasteiger partial charge in [0, 0.05) is 5.02 Å². The highest BCUT2D eigenvalue weighted by atomic mass is 35.5. The SMILES string of the molecule is CCCOc1ccc(Cl)cc1C(=O)NC(C(=O)O)C(C)C. The van der Waals surface area contributed by atoms with E-state index in [1.165, 1.54) is 6.07 Å². The highest BCUT2D eigenvalue weighted by Gasteiger charge is 2.25. The molecule has 0 aliphatic rings. The van der Waals surface area contributed by atoms with E-state index in [-0.39, 0.29) is 11.5 Å². The summed E-state index contributed by atoms with van der Waals surface area (Å²) in [4.78, 5) is 23.4. The zero-order chi connectivity index (χ0) is 16.0. The topological polar surface area (TPSA) is 75.6 Å².